The Morgan fingerprint density at radius 3 is 2.49 bits per heavy atom. The van der Waals surface area contributed by atoms with Crippen LogP contribution in [0.4, 0.5) is 20.4 Å². The lowest BCUT2D eigenvalue weighted by Crippen LogP contribution is -2.10. The third-order valence-electron chi connectivity index (χ3n) is 5.33. The van der Waals surface area contributed by atoms with Crippen molar-refractivity contribution in [3.63, 3.8) is 0 Å². The second-order valence-electron chi connectivity index (χ2n) is 7.53. The van der Waals surface area contributed by atoms with E-state index in [4.69, 9.17) is 11.6 Å². The van der Waals surface area contributed by atoms with Gasteiger partial charge in [0, 0.05) is 33.6 Å². The van der Waals surface area contributed by atoms with Gasteiger partial charge in [0.05, 0.1) is 29.1 Å². The molecule has 4 aromatic rings. The number of anilines is 2. The van der Waals surface area contributed by atoms with Crippen molar-refractivity contribution in [1.82, 2.24) is 9.97 Å². The van der Waals surface area contributed by atoms with Crippen molar-refractivity contribution in [2.45, 2.75) is 14.0 Å². The first-order chi connectivity index (χ1) is 16.4. The molecular weight excluding hydrogens is 474 g/mol. The average Bonchev–Trinajstić information content (AvgIpc) is 2.96. The maximum absolute atomic E-state index is 14.7. The highest BCUT2D eigenvalue weighted by molar-refractivity contribution is 6.31. The first-order valence-corrected chi connectivity index (χ1v) is 10.5. The van der Waals surface area contributed by atoms with Crippen LogP contribution in [0.3, 0.4) is 0 Å². The number of fused-ring (bicyclic) bond motifs is 3. The van der Waals surface area contributed by atoms with Gasteiger partial charge in [-0.1, -0.05) is 37.2 Å². The van der Waals surface area contributed by atoms with Crippen LogP contribution in [0.5, 0.6) is 0 Å². The zero-order valence-corrected chi connectivity index (χ0v) is 18.1. The third kappa shape index (κ3) is 4.61. The van der Waals surface area contributed by atoms with Gasteiger partial charge in [0.2, 0.25) is 5.95 Å². The van der Waals surface area contributed by atoms with Gasteiger partial charge in [-0.05, 0) is 42.5 Å². The average molecular weight is 493 g/mol. The largest absolute Gasteiger partial charge is 0.478 e. The maximum atomic E-state index is 14.7. The van der Waals surface area contributed by atoms with Crippen molar-refractivity contribution in [3.8, 4) is 11.3 Å². The maximum Gasteiger partial charge on any atom is 0.335 e. The van der Waals surface area contributed by atoms with Gasteiger partial charge in [-0.25, -0.2) is 23.5 Å². The molecule has 0 saturated carbocycles. The Morgan fingerprint density at radius 2 is 1.74 bits per heavy atom. The van der Waals surface area contributed by atoms with E-state index in [2.05, 4.69) is 20.3 Å². The number of benzene rings is 3. The molecule has 0 saturated heterocycles. The van der Waals surface area contributed by atoms with Gasteiger partial charge < -0.3 is 10.4 Å². The zero-order valence-electron chi connectivity index (χ0n) is 17.4. The summed E-state index contributed by atoms with van der Waals surface area (Å²) in [6.07, 6.45) is 1.58. The van der Waals surface area contributed by atoms with Crippen molar-refractivity contribution in [2.24, 2.45) is 4.99 Å². The Morgan fingerprint density at radius 1 is 1.00 bits per heavy atom. The number of aliphatic imine (C=N–C) groups is 1. The molecule has 0 atom stereocenters. The normalized spacial score (nSPS) is 11.9. The van der Waals surface area contributed by atoms with Crippen LogP contribution in [0.25, 0.3) is 11.3 Å². The van der Waals surface area contributed by atoms with Crippen LogP contribution in [0, 0.1) is 11.6 Å². The van der Waals surface area contributed by atoms with E-state index >= 15 is 0 Å². The number of aromatic carboxylic acids is 1. The van der Waals surface area contributed by atoms with Gasteiger partial charge in [0.15, 0.2) is 0 Å². The lowest BCUT2D eigenvalue weighted by molar-refractivity contribution is 0.0697. The number of nitrogens with one attached hydrogen (secondary N) is 1. The van der Waals surface area contributed by atoms with Gasteiger partial charge in [0.1, 0.15) is 11.6 Å². The van der Waals surface area contributed by atoms with Gasteiger partial charge in [0.25, 0.3) is 0 Å². The predicted molar refractivity (Wildman–Crippen MR) is 132 cm³/mol. The first-order valence-electron chi connectivity index (χ1n) is 10.2. The molecule has 1 aliphatic heterocycles. The van der Waals surface area contributed by atoms with Crippen LogP contribution >= 0.6 is 11.6 Å². The molecule has 9 heteroatoms. The molecule has 2 N–H and O–H groups in total. The topological polar surface area (TPSA) is 87.5 Å². The second kappa shape index (κ2) is 9.60. The van der Waals surface area contributed by atoms with E-state index in [9.17, 15) is 18.7 Å². The fraction of sp³-hybridized carbons (Fsp3) is 0.0769. The molecule has 5 rings (SSSR count). The van der Waals surface area contributed by atoms with Crippen LogP contribution in [0.2, 0.25) is 5.02 Å². The third-order valence-corrected chi connectivity index (χ3v) is 5.56. The Balaban J connectivity index is 0.00000289. The highest BCUT2D eigenvalue weighted by Gasteiger charge is 2.25. The Hall–Kier alpha value is -4.17. The summed E-state index contributed by atoms with van der Waals surface area (Å²) >= 11 is 6.23. The standard InChI is InChI=1S/C25H15ClF2N4O2.CH4/c26-15-7-8-17-18(10-15)23(21-19(27)5-2-6-20(21)28)29-11-14-12-30-25(32-22(14)17)31-16-4-1-3-13(9-16)24(33)34;/h1-10,12H,11H2,(H,33,34)(H,30,31,32);1H4. The molecule has 0 bridgehead atoms. The molecule has 1 aromatic heterocycles. The molecule has 0 spiro atoms. The Kier molecular flexibility index (Phi) is 6.57. The van der Waals surface area contributed by atoms with E-state index in [-0.39, 0.29) is 36.8 Å². The van der Waals surface area contributed by atoms with Crippen LogP contribution in [0.15, 0.2) is 71.9 Å². The molecule has 176 valence electrons. The van der Waals surface area contributed by atoms with Crippen LogP contribution in [-0.2, 0) is 6.54 Å². The number of nitrogens with zero attached hydrogens (tertiary/aromatic N) is 3. The number of carboxylic acid groups (broad SMARTS) is 1. The monoisotopic (exact) mass is 492 g/mol. The van der Waals surface area contributed by atoms with Gasteiger partial charge >= 0.3 is 5.97 Å². The van der Waals surface area contributed by atoms with Crippen molar-refractivity contribution in [1.29, 1.82) is 0 Å². The van der Waals surface area contributed by atoms with E-state index in [1.54, 1.807) is 36.5 Å². The lowest BCUT2D eigenvalue weighted by Gasteiger charge is -2.13. The van der Waals surface area contributed by atoms with Gasteiger partial charge in [-0.3, -0.25) is 4.99 Å². The number of rotatable bonds is 4. The van der Waals surface area contributed by atoms with Crippen LogP contribution in [0.1, 0.15) is 34.5 Å². The summed E-state index contributed by atoms with van der Waals surface area (Å²) in [5.41, 5.74) is 2.70. The summed E-state index contributed by atoms with van der Waals surface area (Å²) < 4.78 is 29.3. The van der Waals surface area contributed by atoms with E-state index in [1.807, 2.05) is 0 Å². The quantitative estimate of drug-likeness (QED) is 0.339. The summed E-state index contributed by atoms with van der Waals surface area (Å²) in [5, 5.41) is 12.6. The SMILES string of the molecule is C.O=C(O)c1cccc(Nc2ncc3c(n2)-c2ccc(Cl)cc2C(c2c(F)cccc2F)=NC3)c1. The number of carbonyl (C=O) groups is 1. The molecule has 0 amide bonds. The number of hydrogen-bond donors (Lipinski definition) is 2. The van der Waals surface area contributed by atoms with E-state index < -0.39 is 17.6 Å². The summed E-state index contributed by atoms with van der Waals surface area (Å²) in [5.74, 6) is -2.30. The number of aromatic nitrogens is 2. The highest BCUT2D eigenvalue weighted by Crippen LogP contribution is 2.34. The van der Waals surface area contributed by atoms with Crippen molar-refractivity contribution < 1.29 is 18.7 Å². The number of carboxylic acids is 1. The van der Waals surface area contributed by atoms with E-state index in [0.717, 1.165) is 0 Å². The lowest BCUT2D eigenvalue weighted by atomic mass is 9.95. The second-order valence-corrected chi connectivity index (χ2v) is 7.97. The number of hydrogen-bond acceptors (Lipinski definition) is 5. The van der Waals surface area contributed by atoms with Gasteiger partial charge in [-0.15, -0.1) is 0 Å². The molecule has 3 aromatic carbocycles. The van der Waals surface area contributed by atoms with Crippen molar-refractivity contribution in [3.05, 3.63) is 106 Å². The molecule has 0 radical (unpaired) electrons. The molecule has 0 aliphatic carbocycles. The molecule has 1 aliphatic rings. The summed E-state index contributed by atoms with van der Waals surface area (Å²) in [6, 6.07) is 14.9. The Bertz CT molecular complexity index is 1470. The highest BCUT2D eigenvalue weighted by atomic mass is 35.5. The zero-order chi connectivity index (χ0) is 23.8. The molecule has 0 unspecified atom stereocenters. The molecular formula is C26H19ClF2N4O2. The van der Waals surface area contributed by atoms with E-state index in [0.29, 0.717) is 33.1 Å². The van der Waals surface area contributed by atoms with E-state index in [1.165, 1.54) is 30.3 Å². The van der Waals surface area contributed by atoms with Crippen LogP contribution < -0.4 is 5.32 Å². The van der Waals surface area contributed by atoms with Crippen molar-refractivity contribution in [2.75, 3.05) is 5.32 Å². The minimum Gasteiger partial charge on any atom is -0.478 e. The minimum absolute atomic E-state index is 0. The number of halogens is 3. The predicted octanol–water partition coefficient (Wildman–Crippen LogP) is 6.50. The van der Waals surface area contributed by atoms with Crippen molar-refractivity contribution >= 4 is 34.9 Å². The Labute approximate surface area is 205 Å². The summed E-state index contributed by atoms with van der Waals surface area (Å²) in [7, 11) is 0. The fourth-order valence-corrected chi connectivity index (χ4v) is 3.95. The molecule has 35 heavy (non-hydrogen) atoms. The first kappa shape index (κ1) is 24.0. The summed E-state index contributed by atoms with van der Waals surface area (Å²) in [4.78, 5) is 24.7. The molecule has 0 fully saturated rings. The fourth-order valence-electron chi connectivity index (χ4n) is 3.78. The molecule has 2 heterocycles. The minimum atomic E-state index is -1.05. The smallest absolute Gasteiger partial charge is 0.335 e. The van der Waals surface area contributed by atoms with Gasteiger partial charge in [-0.2, -0.15) is 0 Å². The van der Waals surface area contributed by atoms with Crippen LogP contribution in [-0.4, -0.2) is 26.8 Å². The molecule has 6 nitrogen and oxygen atoms in total. The summed E-state index contributed by atoms with van der Waals surface area (Å²) in [6.45, 7) is 0.0967.